The van der Waals surface area contributed by atoms with Crippen molar-refractivity contribution in [2.24, 2.45) is 5.92 Å². The van der Waals surface area contributed by atoms with Crippen LogP contribution in [-0.4, -0.2) is 11.7 Å². The van der Waals surface area contributed by atoms with Crippen LogP contribution in [-0.2, 0) is 0 Å². The number of phenolic OH excluding ortho intramolecular Hbond substituents is 1. The van der Waals surface area contributed by atoms with Gasteiger partial charge in [-0.15, -0.1) is 0 Å². The van der Waals surface area contributed by atoms with Gasteiger partial charge >= 0.3 is 0 Å². The molecule has 0 amide bonds. The fourth-order valence-corrected chi connectivity index (χ4v) is 0.912. The van der Waals surface area contributed by atoms with Crippen molar-refractivity contribution in [2.45, 2.75) is 13.8 Å². The smallest absolute Gasteiger partial charge is 0.181 e. The van der Waals surface area contributed by atoms with Gasteiger partial charge in [-0.25, -0.2) is 0 Å². The topological polar surface area (TPSA) is 55.5 Å². The Kier molecular flexibility index (Phi) is 3.01. The van der Waals surface area contributed by atoms with Gasteiger partial charge in [-0.1, -0.05) is 19.9 Å². The molecule has 1 rings (SSSR count). The van der Waals surface area contributed by atoms with Gasteiger partial charge in [0.2, 0.25) is 0 Å². The number of hydrogen-bond acceptors (Lipinski definition) is 3. The summed E-state index contributed by atoms with van der Waals surface area (Å²) in [7, 11) is 0. The van der Waals surface area contributed by atoms with Crippen LogP contribution in [0.2, 0.25) is 0 Å². The Bertz CT molecular complexity index is 284. The first kappa shape index (κ1) is 9.71. The van der Waals surface area contributed by atoms with Crippen LogP contribution in [0.4, 0.5) is 5.69 Å². The highest BCUT2D eigenvalue weighted by Crippen LogP contribution is 2.31. The van der Waals surface area contributed by atoms with Gasteiger partial charge in [0.05, 0.1) is 12.3 Å². The van der Waals surface area contributed by atoms with E-state index in [1.165, 1.54) is 0 Å². The predicted octanol–water partition coefficient (Wildman–Crippen LogP) is 2.01. The van der Waals surface area contributed by atoms with Crippen molar-refractivity contribution in [2.75, 3.05) is 12.3 Å². The number of nitrogens with two attached hydrogens (primary N) is 1. The van der Waals surface area contributed by atoms with Crippen molar-refractivity contribution in [1.29, 1.82) is 0 Å². The van der Waals surface area contributed by atoms with Crippen LogP contribution in [0.15, 0.2) is 18.2 Å². The minimum absolute atomic E-state index is 0.0307. The Balaban J connectivity index is 2.71. The number of nitrogen functional groups attached to an aromatic ring is 1. The Hall–Kier alpha value is -1.38. The van der Waals surface area contributed by atoms with E-state index in [2.05, 4.69) is 0 Å². The first-order valence-corrected chi connectivity index (χ1v) is 4.31. The maximum absolute atomic E-state index is 9.46. The summed E-state index contributed by atoms with van der Waals surface area (Å²) >= 11 is 0. The molecule has 0 aromatic heterocycles. The molecule has 0 spiro atoms. The molecule has 0 aliphatic rings. The number of anilines is 1. The third-order valence-electron chi connectivity index (χ3n) is 1.60. The van der Waals surface area contributed by atoms with Gasteiger partial charge < -0.3 is 15.6 Å². The molecule has 0 radical (unpaired) electrons. The third kappa shape index (κ3) is 2.54. The summed E-state index contributed by atoms with van der Waals surface area (Å²) < 4.78 is 5.35. The monoisotopic (exact) mass is 181 g/mol. The van der Waals surface area contributed by atoms with Gasteiger partial charge in [0.15, 0.2) is 11.5 Å². The quantitative estimate of drug-likeness (QED) is 0.554. The Labute approximate surface area is 78.1 Å². The molecule has 3 N–H and O–H groups in total. The summed E-state index contributed by atoms with van der Waals surface area (Å²) in [6.45, 7) is 4.67. The summed E-state index contributed by atoms with van der Waals surface area (Å²) in [5, 5.41) is 9.46. The molecule has 0 bridgehead atoms. The van der Waals surface area contributed by atoms with Crippen molar-refractivity contribution < 1.29 is 9.84 Å². The molecule has 3 nitrogen and oxygen atoms in total. The third-order valence-corrected chi connectivity index (χ3v) is 1.60. The normalized spacial score (nSPS) is 10.4. The van der Waals surface area contributed by atoms with E-state index in [-0.39, 0.29) is 5.75 Å². The molecule has 0 aliphatic carbocycles. The second-order valence-corrected chi connectivity index (χ2v) is 3.40. The number of para-hydroxylation sites is 1. The second kappa shape index (κ2) is 4.03. The van der Waals surface area contributed by atoms with Gasteiger partial charge in [-0.05, 0) is 18.1 Å². The summed E-state index contributed by atoms with van der Waals surface area (Å²) in [6.07, 6.45) is 0. The largest absolute Gasteiger partial charge is 0.503 e. The molecule has 0 fully saturated rings. The second-order valence-electron chi connectivity index (χ2n) is 3.40. The SMILES string of the molecule is CC(C)COc1cccc(N)c1O. The van der Waals surface area contributed by atoms with E-state index in [4.69, 9.17) is 10.5 Å². The Morgan fingerprint density at radius 1 is 1.46 bits per heavy atom. The molecular formula is C10H15NO2. The van der Waals surface area contributed by atoms with E-state index in [9.17, 15) is 5.11 Å². The van der Waals surface area contributed by atoms with E-state index in [1.54, 1.807) is 18.2 Å². The summed E-state index contributed by atoms with van der Waals surface area (Å²) in [5.41, 5.74) is 5.85. The minimum Gasteiger partial charge on any atom is -0.503 e. The molecule has 3 heteroatoms. The van der Waals surface area contributed by atoms with Crippen LogP contribution >= 0.6 is 0 Å². The number of ether oxygens (including phenoxy) is 1. The molecule has 0 saturated carbocycles. The minimum atomic E-state index is 0.0307. The molecule has 0 heterocycles. The van der Waals surface area contributed by atoms with Crippen LogP contribution in [0.1, 0.15) is 13.8 Å². The fraction of sp³-hybridized carbons (Fsp3) is 0.400. The Morgan fingerprint density at radius 3 is 2.77 bits per heavy atom. The molecule has 72 valence electrons. The lowest BCUT2D eigenvalue weighted by Crippen LogP contribution is -2.04. The van der Waals surface area contributed by atoms with Gasteiger partial charge in [0, 0.05) is 0 Å². The highest BCUT2D eigenvalue weighted by Gasteiger charge is 2.05. The van der Waals surface area contributed by atoms with Crippen molar-refractivity contribution in [3.05, 3.63) is 18.2 Å². The van der Waals surface area contributed by atoms with E-state index in [0.29, 0.717) is 24.0 Å². The molecule has 0 atom stereocenters. The van der Waals surface area contributed by atoms with Gasteiger partial charge in [0.25, 0.3) is 0 Å². The average Bonchev–Trinajstić information content (AvgIpc) is 2.07. The van der Waals surface area contributed by atoms with Crippen LogP contribution in [0.25, 0.3) is 0 Å². The lowest BCUT2D eigenvalue weighted by atomic mass is 10.2. The first-order valence-electron chi connectivity index (χ1n) is 4.31. The molecule has 1 aromatic rings. The van der Waals surface area contributed by atoms with Crippen molar-refractivity contribution in [3.8, 4) is 11.5 Å². The maximum atomic E-state index is 9.46. The lowest BCUT2D eigenvalue weighted by Gasteiger charge is -2.10. The average molecular weight is 181 g/mol. The molecule has 0 aliphatic heterocycles. The molecule has 0 unspecified atom stereocenters. The predicted molar refractivity (Wildman–Crippen MR) is 52.9 cm³/mol. The van der Waals surface area contributed by atoms with Crippen molar-refractivity contribution in [3.63, 3.8) is 0 Å². The summed E-state index contributed by atoms with van der Waals surface area (Å²) in [4.78, 5) is 0. The molecule has 0 saturated heterocycles. The number of aromatic hydroxyl groups is 1. The van der Waals surface area contributed by atoms with E-state index < -0.39 is 0 Å². The van der Waals surface area contributed by atoms with Gasteiger partial charge in [0.1, 0.15) is 0 Å². The van der Waals surface area contributed by atoms with Crippen molar-refractivity contribution in [1.82, 2.24) is 0 Å². The standard InChI is InChI=1S/C10H15NO2/c1-7(2)6-13-9-5-3-4-8(11)10(9)12/h3-5,7,12H,6,11H2,1-2H3. The molecular weight excluding hydrogens is 166 g/mol. The first-order chi connectivity index (χ1) is 6.11. The van der Waals surface area contributed by atoms with Crippen molar-refractivity contribution >= 4 is 5.69 Å². The van der Waals surface area contributed by atoms with Crippen LogP contribution < -0.4 is 10.5 Å². The zero-order valence-corrected chi connectivity index (χ0v) is 7.95. The highest BCUT2D eigenvalue weighted by atomic mass is 16.5. The molecule has 13 heavy (non-hydrogen) atoms. The van der Waals surface area contributed by atoms with Crippen LogP contribution in [0.3, 0.4) is 0 Å². The maximum Gasteiger partial charge on any atom is 0.181 e. The Morgan fingerprint density at radius 2 is 2.15 bits per heavy atom. The fourth-order valence-electron chi connectivity index (χ4n) is 0.912. The van der Waals surface area contributed by atoms with E-state index >= 15 is 0 Å². The van der Waals surface area contributed by atoms with E-state index in [0.717, 1.165) is 0 Å². The zero-order chi connectivity index (χ0) is 9.84. The molecule has 1 aromatic carbocycles. The van der Waals surface area contributed by atoms with Crippen LogP contribution in [0.5, 0.6) is 11.5 Å². The number of rotatable bonds is 3. The summed E-state index contributed by atoms with van der Waals surface area (Å²) in [5.74, 6) is 0.915. The lowest BCUT2D eigenvalue weighted by molar-refractivity contribution is 0.260. The summed E-state index contributed by atoms with van der Waals surface area (Å²) in [6, 6.07) is 5.09. The highest BCUT2D eigenvalue weighted by molar-refractivity contribution is 5.58. The number of benzene rings is 1. The van der Waals surface area contributed by atoms with Gasteiger partial charge in [-0.2, -0.15) is 0 Å². The number of hydrogen-bond donors (Lipinski definition) is 2. The number of phenols is 1. The van der Waals surface area contributed by atoms with Gasteiger partial charge in [-0.3, -0.25) is 0 Å². The van der Waals surface area contributed by atoms with Crippen LogP contribution in [0, 0.1) is 5.92 Å². The van der Waals surface area contributed by atoms with E-state index in [1.807, 2.05) is 13.8 Å². The zero-order valence-electron chi connectivity index (χ0n) is 7.95.